The van der Waals surface area contributed by atoms with E-state index in [4.69, 9.17) is 14.5 Å². The fraction of sp³-hybridized carbons (Fsp3) is 0.0833. The molecule has 0 unspecified atom stereocenters. The van der Waals surface area contributed by atoms with Crippen LogP contribution in [0.25, 0.3) is 33.9 Å². The summed E-state index contributed by atoms with van der Waals surface area (Å²) < 4.78 is 10.7. The number of aromatic nitrogens is 2. The molecule has 2 N–H and O–H groups in total. The van der Waals surface area contributed by atoms with Crippen molar-refractivity contribution in [1.29, 1.82) is 0 Å². The molecule has 0 bridgehead atoms. The van der Waals surface area contributed by atoms with Gasteiger partial charge in [0.15, 0.2) is 6.61 Å². The monoisotopic (exact) mass is 397 g/mol. The van der Waals surface area contributed by atoms with Gasteiger partial charge in [0.1, 0.15) is 17.3 Å². The minimum atomic E-state index is -0.163. The molecule has 0 atom stereocenters. The maximum absolute atomic E-state index is 11.7. The summed E-state index contributed by atoms with van der Waals surface area (Å²) in [4.78, 5) is 20.1. The van der Waals surface area contributed by atoms with Gasteiger partial charge in [-0.25, -0.2) is 4.98 Å². The predicted octanol–water partition coefficient (Wildman–Crippen LogP) is 4.75. The molecule has 1 aliphatic rings. The summed E-state index contributed by atoms with van der Waals surface area (Å²) >= 11 is 0. The number of carbonyl (C=O) groups is 1. The van der Waals surface area contributed by atoms with Gasteiger partial charge in [0, 0.05) is 16.7 Å². The van der Waals surface area contributed by atoms with Crippen molar-refractivity contribution in [3.05, 3.63) is 72.8 Å². The summed E-state index contributed by atoms with van der Waals surface area (Å²) in [6, 6.07) is 23.5. The SMILES string of the molecule is COc1ccc(-c2nc(-c3ccc4c(c3)NC(=O)CO4)c(-c3ccccc3)[nH]2)cc1. The summed E-state index contributed by atoms with van der Waals surface area (Å²) in [6.45, 7) is 0.0334. The zero-order valence-electron chi connectivity index (χ0n) is 16.3. The number of anilines is 1. The summed E-state index contributed by atoms with van der Waals surface area (Å²) in [7, 11) is 1.64. The van der Waals surface area contributed by atoms with E-state index in [0.29, 0.717) is 11.4 Å². The predicted molar refractivity (Wildman–Crippen MR) is 116 cm³/mol. The number of nitrogens with zero attached hydrogens (tertiary/aromatic N) is 1. The molecule has 3 aromatic carbocycles. The molecule has 2 heterocycles. The molecule has 0 aliphatic carbocycles. The maximum atomic E-state index is 11.7. The molecule has 0 spiro atoms. The summed E-state index contributed by atoms with van der Waals surface area (Å²) in [5.74, 6) is 2.04. The lowest BCUT2D eigenvalue weighted by atomic mass is 10.0. The fourth-order valence-electron chi connectivity index (χ4n) is 3.51. The lowest BCUT2D eigenvalue weighted by molar-refractivity contribution is -0.118. The van der Waals surface area contributed by atoms with Crippen molar-refractivity contribution < 1.29 is 14.3 Å². The molecule has 148 valence electrons. The van der Waals surface area contributed by atoms with Gasteiger partial charge in [0.2, 0.25) is 0 Å². The normalized spacial score (nSPS) is 12.6. The number of rotatable bonds is 4. The van der Waals surface area contributed by atoms with E-state index in [9.17, 15) is 4.79 Å². The lowest BCUT2D eigenvalue weighted by Gasteiger charge is -2.18. The topological polar surface area (TPSA) is 76.2 Å². The van der Waals surface area contributed by atoms with Gasteiger partial charge in [-0.2, -0.15) is 0 Å². The number of nitrogens with one attached hydrogen (secondary N) is 2. The van der Waals surface area contributed by atoms with Gasteiger partial charge in [0.05, 0.1) is 24.2 Å². The molecule has 0 saturated heterocycles. The number of methoxy groups -OCH3 is 1. The Morgan fingerprint density at radius 2 is 1.70 bits per heavy atom. The largest absolute Gasteiger partial charge is 0.497 e. The lowest BCUT2D eigenvalue weighted by Crippen LogP contribution is -2.25. The summed E-state index contributed by atoms with van der Waals surface area (Å²) in [5, 5.41) is 2.86. The smallest absolute Gasteiger partial charge is 0.262 e. The van der Waals surface area contributed by atoms with Crippen LogP contribution in [0.5, 0.6) is 11.5 Å². The molecule has 30 heavy (non-hydrogen) atoms. The number of fused-ring (bicyclic) bond motifs is 1. The quantitative estimate of drug-likeness (QED) is 0.521. The van der Waals surface area contributed by atoms with E-state index < -0.39 is 0 Å². The van der Waals surface area contributed by atoms with E-state index in [-0.39, 0.29) is 12.5 Å². The highest BCUT2D eigenvalue weighted by atomic mass is 16.5. The van der Waals surface area contributed by atoms with Gasteiger partial charge in [0.25, 0.3) is 5.91 Å². The molecule has 4 aromatic rings. The first kappa shape index (κ1) is 18.0. The van der Waals surface area contributed by atoms with Crippen LogP contribution < -0.4 is 14.8 Å². The second kappa shape index (κ2) is 7.40. The number of aromatic amines is 1. The van der Waals surface area contributed by atoms with Crippen molar-refractivity contribution in [1.82, 2.24) is 9.97 Å². The van der Waals surface area contributed by atoms with Crippen LogP contribution in [0.2, 0.25) is 0 Å². The highest BCUT2D eigenvalue weighted by molar-refractivity contribution is 5.96. The van der Waals surface area contributed by atoms with Crippen LogP contribution in [0.15, 0.2) is 72.8 Å². The van der Waals surface area contributed by atoms with Gasteiger partial charge in [-0.3, -0.25) is 4.79 Å². The highest BCUT2D eigenvalue weighted by Crippen LogP contribution is 2.37. The van der Waals surface area contributed by atoms with Crippen LogP contribution in [0, 0.1) is 0 Å². The molecule has 1 aliphatic heterocycles. The Kier molecular flexibility index (Phi) is 4.44. The van der Waals surface area contributed by atoms with E-state index in [1.165, 1.54) is 0 Å². The van der Waals surface area contributed by atoms with Crippen molar-refractivity contribution in [2.75, 3.05) is 19.0 Å². The highest BCUT2D eigenvalue weighted by Gasteiger charge is 2.20. The van der Waals surface area contributed by atoms with Gasteiger partial charge < -0.3 is 19.8 Å². The third kappa shape index (κ3) is 3.28. The van der Waals surface area contributed by atoms with Crippen LogP contribution in [-0.4, -0.2) is 29.6 Å². The number of imidazole rings is 1. The molecule has 6 heteroatoms. The van der Waals surface area contributed by atoms with E-state index in [0.717, 1.165) is 39.7 Å². The van der Waals surface area contributed by atoms with Crippen LogP contribution >= 0.6 is 0 Å². The third-order valence-electron chi connectivity index (χ3n) is 5.02. The van der Waals surface area contributed by atoms with E-state index >= 15 is 0 Å². The number of H-pyrrole nitrogens is 1. The van der Waals surface area contributed by atoms with Crippen molar-refractivity contribution in [3.8, 4) is 45.4 Å². The second-order valence-electron chi connectivity index (χ2n) is 6.95. The zero-order valence-corrected chi connectivity index (χ0v) is 16.3. The number of benzene rings is 3. The first-order valence-electron chi connectivity index (χ1n) is 9.58. The van der Waals surface area contributed by atoms with Crippen molar-refractivity contribution in [3.63, 3.8) is 0 Å². The van der Waals surface area contributed by atoms with Crippen molar-refractivity contribution in [2.45, 2.75) is 0 Å². The minimum absolute atomic E-state index is 0.0334. The number of carbonyl (C=O) groups excluding carboxylic acids is 1. The van der Waals surface area contributed by atoms with E-state index in [2.05, 4.69) is 10.3 Å². The Labute approximate surface area is 173 Å². The Hall–Kier alpha value is -4.06. The molecule has 1 amide bonds. The molecule has 5 rings (SSSR count). The second-order valence-corrected chi connectivity index (χ2v) is 6.95. The number of amides is 1. The van der Waals surface area contributed by atoms with Crippen LogP contribution in [0.1, 0.15) is 0 Å². The Balaban J connectivity index is 1.64. The minimum Gasteiger partial charge on any atom is -0.497 e. The maximum Gasteiger partial charge on any atom is 0.262 e. The molecule has 0 saturated carbocycles. The van der Waals surface area contributed by atoms with Crippen molar-refractivity contribution in [2.24, 2.45) is 0 Å². The Morgan fingerprint density at radius 1 is 0.933 bits per heavy atom. The summed E-state index contributed by atoms with van der Waals surface area (Å²) in [6.07, 6.45) is 0. The zero-order chi connectivity index (χ0) is 20.5. The summed E-state index contributed by atoms with van der Waals surface area (Å²) in [5.41, 5.74) is 5.22. The van der Waals surface area contributed by atoms with Crippen LogP contribution in [-0.2, 0) is 4.79 Å². The standard InChI is InChI=1S/C24H19N3O3/c1-29-18-10-7-16(8-11-18)24-26-22(15-5-3-2-4-6-15)23(27-24)17-9-12-20-19(13-17)25-21(28)14-30-20/h2-13H,14H2,1H3,(H,25,28)(H,26,27). The molecular weight excluding hydrogens is 378 g/mol. The molecular formula is C24H19N3O3. The van der Waals surface area contributed by atoms with Crippen LogP contribution in [0.3, 0.4) is 0 Å². The van der Waals surface area contributed by atoms with Gasteiger partial charge in [-0.05, 0) is 42.5 Å². The first-order valence-corrected chi connectivity index (χ1v) is 9.58. The Bertz CT molecular complexity index is 1210. The number of hydrogen-bond acceptors (Lipinski definition) is 4. The van der Waals surface area contributed by atoms with Gasteiger partial charge in [-0.1, -0.05) is 30.3 Å². The van der Waals surface area contributed by atoms with Gasteiger partial charge >= 0.3 is 0 Å². The number of hydrogen-bond donors (Lipinski definition) is 2. The molecule has 6 nitrogen and oxygen atoms in total. The first-order chi connectivity index (χ1) is 14.7. The fourth-order valence-corrected chi connectivity index (χ4v) is 3.51. The van der Waals surface area contributed by atoms with Crippen LogP contribution in [0.4, 0.5) is 5.69 Å². The molecule has 0 radical (unpaired) electrons. The Morgan fingerprint density at radius 3 is 2.47 bits per heavy atom. The van der Waals surface area contributed by atoms with Gasteiger partial charge in [-0.15, -0.1) is 0 Å². The van der Waals surface area contributed by atoms with E-state index in [1.54, 1.807) is 7.11 Å². The number of ether oxygens (including phenoxy) is 2. The average molecular weight is 397 g/mol. The molecule has 1 aromatic heterocycles. The molecule has 0 fully saturated rings. The van der Waals surface area contributed by atoms with Crippen molar-refractivity contribution >= 4 is 11.6 Å². The third-order valence-corrected chi connectivity index (χ3v) is 5.02. The van der Waals surface area contributed by atoms with E-state index in [1.807, 2.05) is 72.8 Å². The average Bonchev–Trinajstić information content (AvgIpc) is 3.25.